The van der Waals surface area contributed by atoms with E-state index < -0.39 is 13.3 Å². The summed E-state index contributed by atoms with van der Waals surface area (Å²) in [6.45, 7) is -0.377. The Balaban J connectivity index is 1.30. The lowest BCUT2D eigenvalue weighted by molar-refractivity contribution is -0.118. The van der Waals surface area contributed by atoms with Gasteiger partial charge in [-0.15, -0.1) is 11.3 Å². The third kappa shape index (κ3) is 4.47. The zero-order valence-corrected chi connectivity index (χ0v) is 19.5. The number of nitrogens with zero attached hydrogens (tertiary/aromatic N) is 2. The Morgan fingerprint density at radius 2 is 1.91 bits per heavy atom. The summed E-state index contributed by atoms with van der Waals surface area (Å²) in [5, 5.41) is 1.03. The summed E-state index contributed by atoms with van der Waals surface area (Å²) >= 11 is 1.69. The third-order valence-electron chi connectivity index (χ3n) is 7.42. The number of hydrogen-bond acceptors (Lipinski definition) is 6. The van der Waals surface area contributed by atoms with E-state index in [1.807, 2.05) is 11.0 Å². The fourth-order valence-corrected chi connectivity index (χ4v) is 7.23. The molecule has 0 aromatic carbocycles. The number of alkyl halides is 2. The first-order chi connectivity index (χ1) is 16.1. The molecule has 3 atom stereocenters. The Kier molecular flexibility index (Phi) is 6.81. The van der Waals surface area contributed by atoms with E-state index in [2.05, 4.69) is 4.98 Å². The summed E-state index contributed by atoms with van der Waals surface area (Å²) in [5.74, 6) is 0.676. The second-order valence-electron chi connectivity index (χ2n) is 9.48. The van der Waals surface area contributed by atoms with Gasteiger partial charge in [0.2, 0.25) is 5.91 Å². The highest BCUT2D eigenvalue weighted by Crippen LogP contribution is 2.48. The van der Waals surface area contributed by atoms with Gasteiger partial charge in [0.25, 0.3) is 0 Å². The van der Waals surface area contributed by atoms with Crippen molar-refractivity contribution in [2.24, 2.45) is 5.73 Å². The van der Waals surface area contributed by atoms with Crippen LogP contribution in [-0.4, -0.2) is 66.6 Å². The molecule has 1 saturated heterocycles. The van der Waals surface area contributed by atoms with Gasteiger partial charge in [0, 0.05) is 23.5 Å². The largest absolute Gasteiger partial charge is 0.490 e. The Hall–Kier alpha value is -1.84. The van der Waals surface area contributed by atoms with E-state index >= 15 is 0 Å². The average Bonchev–Trinajstić information content (AvgIpc) is 3.38. The van der Waals surface area contributed by atoms with Gasteiger partial charge in [-0.2, -0.15) is 0 Å². The minimum Gasteiger partial charge on any atom is -0.490 e. The molecule has 2 fully saturated rings. The van der Waals surface area contributed by atoms with E-state index in [4.69, 9.17) is 15.2 Å². The highest BCUT2D eigenvalue weighted by molar-refractivity contribution is 7.19. The molecule has 0 spiro atoms. The average molecular weight is 480 g/mol. The molecule has 1 saturated carbocycles. The van der Waals surface area contributed by atoms with Gasteiger partial charge in [-0.25, -0.2) is 13.8 Å². The second kappa shape index (κ2) is 9.80. The number of aromatic nitrogens is 1. The summed E-state index contributed by atoms with van der Waals surface area (Å²) in [7, 11) is 0. The van der Waals surface area contributed by atoms with Gasteiger partial charge in [0.1, 0.15) is 23.9 Å². The minimum atomic E-state index is -0.516. The maximum atomic E-state index is 13.6. The molecule has 180 valence electrons. The molecule has 2 aromatic heterocycles. The van der Waals surface area contributed by atoms with Crippen LogP contribution in [0.4, 0.5) is 8.78 Å². The van der Waals surface area contributed by atoms with Crippen molar-refractivity contribution in [2.75, 3.05) is 26.6 Å². The predicted octanol–water partition coefficient (Wildman–Crippen LogP) is 3.90. The van der Waals surface area contributed by atoms with Crippen molar-refractivity contribution in [3.8, 4) is 5.75 Å². The van der Waals surface area contributed by atoms with Gasteiger partial charge < -0.3 is 15.2 Å². The molecule has 6 nitrogen and oxygen atoms in total. The summed E-state index contributed by atoms with van der Waals surface area (Å²) in [4.78, 5) is 20.4. The van der Waals surface area contributed by atoms with Crippen LogP contribution >= 0.6 is 11.3 Å². The third-order valence-corrected chi connectivity index (χ3v) is 8.60. The van der Waals surface area contributed by atoms with Crippen LogP contribution in [0.25, 0.3) is 10.2 Å². The highest BCUT2D eigenvalue weighted by atomic mass is 32.1. The summed E-state index contributed by atoms with van der Waals surface area (Å²) in [5.41, 5.74) is 6.69. The van der Waals surface area contributed by atoms with Crippen molar-refractivity contribution in [1.29, 1.82) is 0 Å². The molecule has 5 rings (SSSR count). The number of ether oxygens (including phenoxy) is 2. The van der Waals surface area contributed by atoms with Gasteiger partial charge in [-0.1, -0.05) is 0 Å². The van der Waals surface area contributed by atoms with E-state index in [-0.39, 0.29) is 36.1 Å². The molecule has 1 aliphatic heterocycles. The number of thiophene rings is 1. The number of carbonyl (C=O) groups is 1. The molecule has 2 aliphatic carbocycles. The molecule has 3 heterocycles. The number of fused-ring (bicyclic) bond motifs is 3. The second-order valence-corrected chi connectivity index (χ2v) is 10.6. The lowest BCUT2D eigenvalue weighted by Gasteiger charge is -2.46. The van der Waals surface area contributed by atoms with E-state index in [9.17, 15) is 13.6 Å². The standard InChI is InChI=1S/C24H31F2N3O3S/c25-10-16-12-31-13-17(11-26)29(16)15-2-4-18(5-3-15)32-19-7-8-28-24-23(19)22-14(9-21(27)30)1-6-20(22)33-24/h7-8,14-18H,1-6,9-13H2,(H2,27,30)/t14-,15-,16-,17+,18-/m1/s1. The normalized spacial score (nSPS) is 30.4. The van der Waals surface area contributed by atoms with Gasteiger partial charge in [0.15, 0.2) is 0 Å². The van der Waals surface area contributed by atoms with Crippen LogP contribution in [0.3, 0.4) is 0 Å². The maximum absolute atomic E-state index is 13.6. The SMILES string of the molecule is NC(=O)C[C@H]1CCc2sc3nccc(O[C@H]4CC[C@H](N5[C@H](CF)COC[C@@H]5CF)CC4)c3c21. The van der Waals surface area contributed by atoms with Crippen molar-refractivity contribution < 1.29 is 23.0 Å². The minimum absolute atomic E-state index is 0.0482. The van der Waals surface area contributed by atoms with Crippen LogP contribution in [0.15, 0.2) is 12.3 Å². The summed E-state index contributed by atoms with van der Waals surface area (Å²) in [6, 6.07) is 1.34. The van der Waals surface area contributed by atoms with Gasteiger partial charge in [-0.05, 0) is 56.1 Å². The number of morpholine rings is 1. The number of pyridine rings is 1. The van der Waals surface area contributed by atoms with Crippen molar-refractivity contribution in [3.63, 3.8) is 0 Å². The van der Waals surface area contributed by atoms with Crippen LogP contribution in [0.2, 0.25) is 0 Å². The smallest absolute Gasteiger partial charge is 0.218 e. The van der Waals surface area contributed by atoms with Crippen LogP contribution in [0.5, 0.6) is 5.75 Å². The predicted molar refractivity (Wildman–Crippen MR) is 123 cm³/mol. The van der Waals surface area contributed by atoms with Crippen molar-refractivity contribution >= 4 is 27.5 Å². The molecule has 33 heavy (non-hydrogen) atoms. The quantitative estimate of drug-likeness (QED) is 0.652. The molecule has 1 amide bonds. The molecule has 2 aromatic rings. The number of rotatable bonds is 7. The molecule has 0 bridgehead atoms. The number of primary amides is 1. The molecule has 3 aliphatic rings. The Bertz CT molecular complexity index is 983. The van der Waals surface area contributed by atoms with Gasteiger partial charge in [0.05, 0.1) is 36.8 Å². The Labute approximate surface area is 196 Å². The van der Waals surface area contributed by atoms with E-state index in [0.717, 1.165) is 54.5 Å². The molecule has 9 heteroatoms. The van der Waals surface area contributed by atoms with E-state index in [0.29, 0.717) is 19.6 Å². The highest BCUT2D eigenvalue weighted by Gasteiger charge is 2.39. The molecule has 0 unspecified atom stereocenters. The maximum Gasteiger partial charge on any atom is 0.218 e. The molecular formula is C24H31F2N3O3S. The van der Waals surface area contributed by atoms with E-state index in [1.54, 1.807) is 17.5 Å². The van der Waals surface area contributed by atoms with Crippen LogP contribution in [0.1, 0.15) is 54.9 Å². The van der Waals surface area contributed by atoms with Crippen LogP contribution in [-0.2, 0) is 16.0 Å². The van der Waals surface area contributed by atoms with Gasteiger partial charge >= 0.3 is 0 Å². The first-order valence-corrected chi connectivity index (χ1v) is 12.7. The number of carbonyl (C=O) groups excluding carboxylic acids is 1. The number of amides is 1. The number of halogens is 2. The Morgan fingerprint density at radius 1 is 1.18 bits per heavy atom. The topological polar surface area (TPSA) is 77.7 Å². The van der Waals surface area contributed by atoms with E-state index in [1.165, 1.54) is 10.4 Å². The van der Waals surface area contributed by atoms with Crippen LogP contribution < -0.4 is 10.5 Å². The molecule has 0 radical (unpaired) electrons. The zero-order chi connectivity index (χ0) is 22.9. The fourth-order valence-electron chi connectivity index (χ4n) is 5.97. The lowest BCUT2D eigenvalue weighted by Crippen LogP contribution is -2.59. The summed E-state index contributed by atoms with van der Waals surface area (Å²) < 4.78 is 39.1. The van der Waals surface area contributed by atoms with Crippen molar-refractivity contribution in [1.82, 2.24) is 9.88 Å². The van der Waals surface area contributed by atoms with Crippen LogP contribution in [0, 0.1) is 0 Å². The van der Waals surface area contributed by atoms with Crippen molar-refractivity contribution in [2.45, 2.75) is 75.1 Å². The first-order valence-electron chi connectivity index (χ1n) is 11.9. The number of aryl methyl sites for hydroxylation is 1. The Morgan fingerprint density at radius 3 is 2.58 bits per heavy atom. The van der Waals surface area contributed by atoms with Crippen molar-refractivity contribution in [3.05, 3.63) is 22.7 Å². The zero-order valence-electron chi connectivity index (χ0n) is 18.7. The van der Waals surface area contributed by atoms with Gasteiger partial charge in [-0.3, -0.25) is 9.69 Å². The fraction of sp³-hybridized carbons (Fsp3) is 0.667. The number of hydrogen-bond donors (Lipinski definition) is 1. The first kappa shape index (κ1) is 22.9. The summed E-state index contributed by atoms with van der Waals surface area (Å²) in [6.07, 6.45) is 7.42. The monoisotopic (exact) mass is 479 g/mol. The molecular weight excluding hydrogens is 448 g/mol. The molecule has 2 N–H and O–H groups in total. The lowest BCUT2D eigenvalue weighted by atomic mass is 9.89. The number of nitrogens with two attached hydrogens (primary N) is 1.